The maximum absolute atomic E-state index is 5.33. The summed E-state index contributed by atoms with van der Waals surface area (Å²) < 4.78 is 2.26. The van der Waals surface area contributed by atoms with Crippen LogP contribution in [0.25, 0.3) is 66.8 Å². The fourth-order valence-electron chi connectivity index (χ4n) is 7.92. The molecule has 0 N–H and O–H groups in total. The minimum atomic E-state index is -0.496. The Hall–Kier alpha value is -6.32. The third-order valence-electron chi connectivity index (χ3n) is 10.1. The average Bonchev–Trinajstić information content (AvgIpc) is 3.49. The van der Waals surface area contributed by atoms with E-state index < -0.39 is 5.41 Å². The van der Waals surface area contributed by atoms with Gasteiger partial charge in [-0.15, -0.1) is 0 Å². The minimum absolute atomic E-state index is 0.496. The van der Waals surface area contributed by atoms with Crippen LogP contribution in [-0.4, -0.2) is 14.5 Å². The molecule has 0 spiro atoms. The highest BCUT2D eigenvalue weighted by molar-refractivity contribution is 6.10. The summed E-state index contributed by atoms with van der Waals surface area (Å²) >= 11 is 0. The molecule has 224 valence electrons. The van der Waals surface area contributed by atoms with Gasteiger partial charge in [0.05, 0.1) is 27.7 Å². The van der Waals surface area contributed by atoms with Crippen molar-refractivity contribution in [2.75, 3.05) is 0 Å². The molecule has 1 aliphatic carbocycles. The maximum Gasteiger partial charge on any atom is 0.235 e. The number of hydrogen-bond donors (Lipinski definition) is 0. The van der Waals surface area contributed by atoms with Crippen molar-refractivity contribution >= 4 is 49.6 Å². The fourth-order valence-corrected chi connectivity index (χ4v) is 7.92. The van der Waals surface area contributed by atoms with Crippen LogP contribution in [0.5, 0.6) is 0 Å². The average molecular weight is 612 g/mol. The molecule has 48 heavy (non-hydrogen) atoms. The Kier molecular flexibility index (Phi) is 5.79. The van der Waals surface area contributed by atoms with E-state index in [9.17, 15) is 0 Å². The highest BCUT2D eigenvalue weighted by Gasteiger charge is 2.38. The van der Waals surface area contributed by atoms with E-state index in [2.05, 4.69) is 174 Å². The molecule has 2 heterocycles. The molecule has 0 radical (unpaired) electrons. The van der Waals surface area contributed by atoms with E-state index in [1.54, 1.807) is 0 Å². The number of benzene rings is 7. The van der Waals surface area contributed by atoms with Crippen LogP contribution in [-0.2, 0) is 5.41 Å². The Balaban J connectivity index is 1.31. The van der Waals surface area contributed by atoms with Gasteiger partial charge in [0.1, 0.15) is 0 Å². The van der Waals surface area contributed by atoms with E-state index in [1.165, 1.54) is 43.8 Å². The summed E-state index contributed by atoms with van der Waals surface area (Å²) in [4.78, 5) is 10.6. The highest BCUT2D eigenvalue weighted by atomic mass is 15.2. The summed E-state index contributed by atoms with van der Waals surface area (Å²) in [5, 5.41) is 5.95. The number of allylic oxidation sites excluding steroid dienone is 1. The van der Waals surface area contributed by atoms with E-state index >= 15 is 0 Å². The lowest BCUT2D eigenvalue weighted by Gasteiger charge is -2.37. The summed E-state index contributed by atoms with van der Waals surface area (Å²) in [5.74, 6) is 0.663. The van der Waals surface area contributed by atoms with Crippen molar-refractivity contribution in [3.8, 4) is 17.2 Å². The summed E-state index contributed by atoms with van der Waals surface area (Å²) in [6.07, 6.45) is 4.70. The van der Waals surface area contributed by atoms with E-state index in [-0.39, 0.29) is 0 Å². The number of nitrogens with zero attached hydrogens (tertiary/aromatic N) is 3. The molecule has 2 aromatic heterocycles. The molecular weight excluding hydrogens is 583 g/mol. The molecule has 0 fully saturated rings. The number of hydrogen-bond acceptors (Lipinski definition) is 2. The van der Waals surface area contributed by atoms with Crippen LogP contribution in [0.4, 0.5) is 0 Å². The van der Waals surface area contributed by atoms with Crippen molar-refractivity contribution in [2.45, 2.75) is 5.41 Å². The lowest BCUT2D eigenvalue weighted by molar-refractivity contribution is 0.787. The maximum atomic E-state index is 5.33. The van der Waals surface area contributed by atoms with Gasteiger partial charge in [0.15, 0.2) is 0 Å². The van der Waals surface area contributed by atoms with Crippen LogP contribution in [0.1, 0.15) is 22.3 Å². The van der Waals surface area contributed by atoms with E-state index in [0.717, 1.165) is 33.2 Å². The first-order valence-corrected chi connectivity index (χ1v) is 16.4. The smallest absolute Gasteiger partial charge is 0.235 e. The lowest BCUT2D eigenvalue weighted by atomic mass is 9.65. The Labute approximate surface area is 278 Å². The summed E-state index contributed by atoms with van der Waals surface area (Å²) in [6.45, 7) is 0. The molecule has 0 aliphatic heterocycles. The lowest BCUT2D eigenvalue weighted by Crippen LogP contribution is -2.29. The standard InChI is InChI=1S/C45H29N3/c1-3-13-32(14-4-1)43-37-21-7-9-23-39(37)46-44(47-43)48-40-24-10-8-20-35(40)36-26-25-34(29-41(36)48)45(33-18-5-2-6-19-33)28-27-31-16-11-15-30-17-12-22-38(45)42(30)31/h1-29H. The monoisotopic (exact) mass is 611 g/mol. The zero-order valence-corrected chi connectivity index (χ0v) is 26.1. The van der Waals surface area contributed by atoms with Gasteiger partial charge in [-0.3, -0.25) is 4.57 Å². The van der Waals surface area contributed by atoms with Gasteiger partial charge in [-0.2, -0.15) is 0 Å². The number of fused-ring (bicyclic) bond motifs is 4. The van der Waals surface area contributed by atoms with Crippen molar-refractivity contribution in [3.63, 3.8) is 0 Å². The zero-order chi connectivity index (χ0) is 31.7. The molecule has 3 heteroatoms. The fraction of sp³-hybridized carbons (Fsp3) is 0.0222. The first-order valence-electron chi connectivity index (χ1n) is 16.4. The van der Waals surface area contributed by atoms with Crippen LogP contribution < -0.4 is 0 Å². The van der Waals surface area contributed by atoms with Crippen LogP contribution in [0.15, 0.2) is 170 Å². The van der Waals surface area contributed by atoms with Crippen LogP contribution in [0.2, 0.25) is 0 Å². The quantitative estimate of drug-likeness (QED) is 0.198. The van der Waals surface area contributed by atoms with Crippen LogP contribution in [0, 0.1) is 0 Å². The Morgan fingerprint density at radius 2 is 1.21 bits per heavy atom. The third-order valence-corrected chi connectivity index (χ3v) is 10.1. The molecule has 0 saturated carbocycles. The summed E-state index contributed by atoms with van der Waals surface area (Å²) in [6, 6.07) is 58.6. The van der Waals surface area contributed by atoms with Crippen molar-refractivity contribution in [3.05, 3.63) is 192 Å². The van der Waals surface area contributed by atoms with Gasteiger partial charge in [0.2, 0.25) is 5.95 Å². The van der Waals surface area contributed by atoms with Crippen molar-refractivity contribution in [2.24, 2.45) is 0 Å². The van der Waals surface area contributed by atoms with Gasteiger partial charge in [0, 0.05) is 21.7 Å². The Bertz CT molecular complexity index is 2720. The predicted octanol–water partition coefficient (Wildman–Crippen LogP) is 10.9. The van der Waals surface area contributed by atoms with Gasteiger partial charge in [-0.05, 0) is 51.2 Å². The topological polar surface area (TPSA) is 30.7 Å². The van der Waals surface area contributed by atoms with Crippen molar-refractivity contribution < 1.29 is 0 Å². The molecule has 1 atom stereocenters. The molecule has 0 bridgehead atoms. The summed E-state index contributed by atoms with van der Waals surface area (Å²) in [7, 11) is 0. The molecular formula is C45H29N3. The molecule has 1 aliphatic rings. The normalized spacial score (nSPS) is 15.5. The van der Waals surface area contributed by atoms with Crippen molar-refractivity contribution in [1.82, 2.24) is 14.5 Å². The molecule has 1 unspecified atom stereocenters. The van der Waals surface area contributed by atoms with E-state index in [0.29, 0.717) is 5.95 Å². The minimum Gasteiger partial charge on any atom is -0.278 e. The number of aromatic nitrogens is 3. The Morgan fingerprint density at radius 3 is 2.06 bits per heavy atom. The second kappa shape index (κ2) is 10.3. The van der Waals surface area contributed by atoms with Crippen LogP contribution >= 0.6 is 0 Å². The second-order valence-electron chi connectivity index (χ2n) is 12.6. The number of rotatable bonds is 4. The zero-order valence-electron chi connectivity index (χ0n) is 26.1. The first kappa shape index (κ1) is 26.9. The molecule has 7 aromatic carbocycles. The SMILES string of the molecule is C1=CC(c2ccccc2)(c2ccc3c4ccccc4n(-c4nc(-c5ccccc5)c5ccccc5n4)c3c2)c2cccc3cccc1c23. The molecule has 0 saturated heterocycles. The second-order valence-corrected chi connectivity index (χ2v) is 12.6. The van der Waals surface area contributed by atoms with Gasteiger partial charge in [-0.25, -0.2) is 9.97 Å². The molecule has 0 amide bonds. The summed E-state index contributed by atoms with van der Waals surface area (Å²) in [5.41, 5.74) is 9.57. The van der Waals surface area contributed by atoms with Gasteiger partial charge < -0.3 is 0 Å². The van der Waals surface area contributed by atoms with Gasteiger partial charge >= 0.3 is 0 Å². The third kappa shape index (κ3) is 3.82. The predicted molar refractivity (Wildman–Crippen MR) is 199 cm³/mol. The highest BCUT2D eigenvalue weighted by Crippen LogP contribution is 2.48. The number of para-hydroxylation sites is 2. The molecule has 10 rings (SSSR count). The Morgan fingerprint density at radius 1 is 0.500 bits per heavy atom. The largest absolute Gasteiger partial charge is 0.278 e. The van der Waals surface area contributed by atoms with Crippen LogP contribution in [0.3, 0.4) is 0 Å². The van der Waals surface area contributed by atoms with Gasteiger partial charge in [-0.1, -0.05) is 158 Å². The van der Waals surface area contributed by atoms with Gasteiger partial charge in [0.25, 0.3) is 0 Å². The first-order chi connectivity index (χ1) is 23.8. The molecule has 9 aromatic rings. The molecule has 3 nitrogen and oxygen atoms in total. The van der Waals surface area contributed by atoms with E-state index in [4.69, 9.17) is 9.97 Å². The van der Waals surface area contributed by atoms with E-state index in [1.807, 2.05) is 6.07 Å². The van der Waals surface area contributed by atoms with Crippen molar-refractivity contribution in [1.29, 1.82) is 0 Å².